The van der Waals surface area contributed by atoms with Crippen molar-refractivity contribution in [1.82, 2.24) is 0 Å². The largest absolute Gasteiger partial charge is 0.388 e. The first-order valence-corrected chi connectivity index (χ1v) is 6.24. The number of halogens is 1. The number of nitriles is 1. The number of hydrogen-bond acceptors (Lipinski definition) is 4. The summed E-state index contributed by atoms with van der Waals surface area (Å²) in [6.45, 7) is 1.47. The zero-order valence-electron chi connectivity index (χ0n) is 10.9. The zero-order valence-corrected chi connectivity index (χ0v) is 10.9. The van der Waals surface area contributed by atoms with Crippen molar-refractivity contribution in [3.8, 4) is 6.07 Å². The maximum atomic E-state index is 13.4. The molecule has 2 rings (SSSR count). The van der Waals surface area contributed by atoms with Crippen LogP contribution in [0.5, 0.6) is 0 Å². The second-order valence-corrected chi connectivity index (χ2v) is 5.00. The van der Waals surface area contributed by atoms with Crippen LogP contribution in [0.15, 0.2) is 18.2 Å². The minimum atomic E-state index is -0.813. The van der Waals surface area contributed by atoms with Gasteiger partial charge in [0, 0.05) is 45.3 Å². The van der Waals surface area contributed by atoms with Crippen molar-refractivity contribution in [1.29, 1.82) is 5.26 Å². The molecule has 1 aliphatic heterocycles. The topological polar surface area (TPSA) is 56.5 Å². The lowest BCUT2D eigenvalue weighted by atomic mass is 9.93. The molecule has 0 aliphatic carbocycles. The predicted molar refractivity (Wildman–Crippen MR) is 69.4 cm³/mol. The maximum absolute atomic E-state index is 13.4. The van der Waals surface area contributed by atoms with Gasteiger partial charge in [0.15, 0.2) is 0 Å². The quantitative estimate of drug-likeness (QED) is 0.902. The van der Waals surface area contributed by atoms with E-state index in [0.717, 1.165) is 0 Å². The van der Waals surface area contributed by atoms with Gasteiger partial charge < -0.3 is 14.7 Å². The maximum Gasteiger partial charge on any atom is 0.126 e. The molecule has 0 unspecified atom stereocenters. The normalized spacial score (nSPS) is 17.8. The van der Waals surface area contributed by atoms with E-state index in [1.165, 1.54) is 12.1 Å². The molecule has 1 fully saturated rings. The van der Waals surface area contributed by atoms with Crippen LogP contribution in [0.1, 0.15) is 18.4 Å². The number of benzene rings is 1. The number of rotatable bonds is 3. The highest BCUT2D eigenvalue weighted by molar-refractivity contribution is 5.51. The highest BCUT2D eigenvalue weighted by Crippen LogP contribution is 2.25. The molecule has 0 bridgehead atoms. The van der Waals surface area contributed by atoms with Crippen LogP contribution < -0.4 is 4.90 Å². The molecule has 1 N–H and O–H groups in total. The van der Waals surface area contributed by atoms with E-state index in [-0.39, 0.29) is 5.56 Å². The molecular formula is C14H17FN2O2. The first-order valence-electron chi connectivity index (χ1n) is 6.24. The molecule has 0 atom stereocenters. The molecule has 102 valence electrons. The Kier molecular flexibility index (Phi) is 4.03. The fraction of sp³-hybridized carbons (Fsp3) is 0.500. The standard InChI is InChI=1S/C14H17FN2O2/c1-17(10-14(18)2-4-19-5-3-14)13-7-11(9-16)6-12(15)8-13/h6-8,18H,2-5,10H2,1H3. The Balaban J connectivity index is 2.13. The van der Waals surface area contributed by atoms with Crippen molar-refractivity contribution in [3.05, 3.63) is 29.6 Å². The highest BCUT2D eigenvalue weighted by atomic mass is 19.1. The third-order valence-electron chi connectivity index (χ3n) is 3.41. The van der Waals surface area contributed by atoms with Gasteiger partial charge in [-0.1, -0.05) is 0 Å². The molecule has 0 aromatic heterocycles. The van der Waals surface area contributed by atoms with Crippen LogP contribution in [0.3, 0.4) is 0 Å². The first-order chi connectivity index (χ1) is 9.02. The van der Waals surface area contributed by atoms with E-state index in [2.05, 4.69) is 0 Å². The molecule has 0 saturated carbocycles. The van der Waals surface area contributed by atoms with Gasteiger partial charge in [-0.05, 0) is 18.2 Å². The zero-order chi connectivity index (χ0) is 13.9. The summed E-state index contributed by atoms with van der Waals surface area (Å²) in [5, 5.41) is 19.3. The van der Waals surface area contributed by atoms with Gasteiger partial charge in [-0.3, -0.25) is 0 Å². The van der Waals surface area contributed by atoms with Crippen molar-refractivity contribution < 1.29 is 14.2 Å². The summed E-state index contributed by atoms with van der Waals surface area (Å²) in [7, 11) is 1.78. The van der Waals surface area contributed by atoms with E-state index in [9.17, 15) is 9.50 Å². The Hall–Kier alpha value is -1.64. The van der Waals surface area contributed by atoms with Gasteiger partial charge in [-0.15, -0.1) is 0 Å². The van der Waals surface area contributed by atoms with Gasteiger partial charge in [0.05, 0.1) is 17.2 Å². The summed E-state index contributed by atoms with van der Waals surface area (Å²) in [4.78, 5) is 1.77. The lowest BCUT2D eigenvalue weighted by Crippen LogP contribution is -2.45. The monoisotopic (exact) mass is 264 g/mol. The second kappa shape index (κ2) is 5.55. The van der Waals surface area contributed by atoms with Gasteiger partial charge in [0.1, 0.15) is 5.82 Å². The molecule has 1 aromatic carbocycles. The lowest BCUT2D eigenvalue weighted by molar-refractivity contribution is -0.0572. The van der Waals surface area contributed by atoms with Gasteiger partial charge in [0.2, 0.25) is 0 Å². The average Bonchev–Trinajstić information content (AvgIpc) is 2.38. The molecule has 1 heterocycles. The van der Waals surface area contributed by atoms with Gasteiger partial charge in [-0.25, -0.2) is 4.39 Å². The lowest BCUT2D eigenvalue weighted by Gasteiger charge is -2.36. The summed E-state index contributed by atoms with van der Waals surface area (Å²) in [6, 6.07) is 6.10. The molecule has 1 aliphatic rings. The fourth-order valence-corrected chi connectivity index (χ4v) is 2.30. The van der Waals surface area contributed by atoms with E-state index >= 15 is 0 Å². The van der Waals surface area contributed by atoms with Crippen molar-refractivity contribution in [2.75, 3.05) is 31.7 Å². The number of hydrogen-bond donors (Lipinski definition) is 1. The molecule has 1 aromatic rings. The molecule has 1 saturated heterocycles. The van der Waals surface area contributed by atoms with E-state index < -0.39 is 11.4 Å². The van der Waals surface area contributed by atoms with Crippen LogP contribution >= 0.6 is 0 Å². The Morgan fingerprint density at radius 3 is 2.74 bits per heavy atom. The summed E-state index contributed by atoms with van der Waals surface area (Å²) in [5.41, 5.74) is 0.0591. The van der Waals surface area contributed by atoms with E-state index in [1.54, 1.807) is 18.0 Å². The Morgan fingerprint density at radius 2 is 2.11 bits per heavy atom. The van der Waals surface area contributed by atoms with Gasteiger partial charge >= 0.3 is 0 Å². The summed E-state index contributed by atoms with van der Waals surface area (Å²) in [6.07, 6.45) is 1.13. The van der Waals surface area contributed by atoms with E-state index in [4.69, 9.17) is 10.00 Å². The number of nitrogens with zero attached hydrogens (tertiary/aromatic N) is 2. The average molecular weight is 264 g/mol. The highest BCUT2D eigenvalue weighted by Gasteiger charge is 2.31. The van der Waals surface area contributed by atoms with Gasteiger partial charge in [-0.2, -0.15) is 5.26 Å². The SMILES string of the molecule is CN(CC1(O)CCOCC1)c1cc(F)cc(C#N)c1. The minimum absolute atomic E-state index is 0.279. The molecule has 0 spiro atoms. The predicted octanol–water partition coefficient (Wildman–Crippen LogP) is 1.68. The molecule has 19 heavy (non-hydrogen) atoms. The minimum Gasteiger partial charge on any atom is -0.388 e. The summed E-state index contributed by atoms with van der Waals surface area (Å²) in [5.74, 6) is -0.445. The summed E-state index contributed by atoms with van der Waals surface area (Å²) >= 11 is 0. The van der Waals surface area contributed by atoms with Crippen molar-refractivity contribution in [3.63, 3.8) is 0 Å². The van der Waals surface area contributed by atoms with E-state index in [0.29, 0.717) is 38.3 Å². The number of aliphatic hydroxyl groups is 1. The van der Waals surface area contributed by atoms with E-state index in [1.807, 2.05) is 6.07 Å². The third kappa shape index (κ3) is 3.43. The van der Waals surface area contributed by atoms with Crippen LogP contribution in [0.2, 0.25) is 0 Å². The summed E-state index contributed by atoms with van der Waals surface area (Å²) < 4.78 is 18.6. The van der Waals surface area contributed by atoms with Crippen LogP contribution in [0, 0.1) is 17.1 Å². The smallest absolute Gasteiger partial charge is 0.126 e. The second-order valence-electron chi connectivity index (χ2n) is 5.00. The molecule has 4 nitrogen and oxygen atoms in total. The van der Waals surface area contributed by atoms with Crippen molar-refractivity contribution in [2.24, 2.45) is 0 Å². The van der Waals surface area contributed by atoms with Crippen LogP contribution in [0.25, 0.3) is 0 Å². The third-order valence-corrected chi connectivity index (χ3v) is 3.41. The Labute approximate surface area is 112 Å². The Bertz CT molecular complexity index is 493. The van der Waals surface area contributed by atoms with Crippen molar-refractivity contribution >= 4 is 5.69 Å². The Morgan fingerprint density at radius 1 is 1.42 bits per heavy atom. The first kappa shape index (κ1) is 13.8. The van der Waals surface area contributed by atoms with Crippen LogP contribution in [0.4, 0.5) is 10.1 Å². The number of likely N-dealkylation sites (N-methyl/N-ethyl adjacent to an activating group) is 1. The number of ether oxygens (including phenoxy) is 1. The van der Waals surface area contributed by atoms with Crippen LogP contribution in [-0.4, -0.2) is 37.5 Å². The molecular weight excluding hydrogens is 247 g/mol. The van der Waals surface area contributed by atoms with Gasteiger partial charge in [0.25, 0.3) is 0 Å². The molecule has 0 radical (unpaired) electrons. The number of anilines is 1. The fourth-order valence-electron chi connectivity index (χ4n) is 2.30. The molecule has 5 heteroatoms. The van der Waals surface area contributed by atoms with Crippen LogP contribution in [-0.2, 0) is 4.74 Å². The van der Waals surface area contributed by atoms with Crippen molar-refractivity contribution in [2.45, 2.75) is 18.4 Å². The molecule has 0 amide bonds.